The Balaban J connectivity index is 0.00000306. The number of methoxy groups -OCH3 is 1. The van der Waals surface area contributed by atoms with Gasteiger partial charge < -0.3 is 29.4 Å². The molecule has 0 saturated heterocycles. The first-order valence-electron chi connectivity index (χ1n) is 10.1. The van der Waals surface area contributed by atoms with Gasteiger partial charge in [-0.25, -0.2) is 4.39 Å². The zero-order valence-electron chi connectivity index (χ0n) is 17.8. The van der Waals surface area contributed by atoms with Gasteiger partial charge in [-0.1, -0.05) is 18.2 Å². The van der Waals surface area contributed by atoms with Crippen LogP contribution >= 0.6 is 28.3 Å². The first-order valence-corrected chi connectivity index (χ1v) is 10.8. The Morgan fingerprint density at radius 3 is 2.52 bits per heavy atom. The van der Waals surface area contributed by atoms with Crippen LogP contribution < -0.4 is 24.3 Å². The van der Waals surface area contributed by atoms with Gasteiger partial charge in [-0.05, 0) is 69.0 Å². The molecule has 2 N–H and O–H groups in total. The molecule has 1 atom stereocenters. The second-order valence-electron chi connectivity index (χ2n) is 7.28. The minimum atomic E-state index is -0.849. The van der Waals surface area contributed by atoms with E-state index in [-0.39, 0.29) is 31.6 Å². The molecule has 3 aromatic carbocycles. The fourth-order valence-corrected chi connectivity index (χ4v) is 3.95. The highest BCUT2D eigenvalue weighted by atomic mass is 79.9. The molecular formula is C24H24BrClFNO5. The van der Waals surface area contributed by atoms with Gasteiger partial charge in [0.15, 0.2) is 23.0 Å². The van der Waals surface area contributed by atoms with E-state index >= 15 is 0 Å². The summed E-state index contributed by atoms with van der Waals surface area (Å²) in [4.78, 5) is 0. The van der Waals surface area contributed by atoms with Gasteiger partial charge in [-0.15, -0.1) is 12.4 Å². The summed E-state index contributed by atoms with van der Waals surface area (Å²) in [5.74, 6) is 2.08. The minimum absolute atomic E-state index is 0. The Bertz CT molecular complexity index is 1080. The van der Waals surface area contributed by atoms with Crippen molar-refractivity contribution in [2.75, 3.05) is 20.5 Å². The molecule has 0 saturated carbocycles. The number of aliphatic hydroxyl groups excluding tert-OH is 1. The quantitative estimate of drug-likeness (QED) is 0.391. The molecule has 1 aliphatic rings. The molecule has 0 spiro atoms. The van der Waals surface area contributed by atoms with E-state index in [2.05, 4.69) is 21.2 Å². The van der Waals surface area contributed by atoms with Crippen molar-refractivity contribution in [3.05, 3.63) is 81.6 Å². The maximum atomic E-state index is 13.0. The lowest BCUT2D eigenvalue weighted by atomic mass is 10.1. The molecule has 176 valence electrons. The van der Waals surface area contributed by atoms with Gasteiger partial charge in [-0.2, -0.15) is 0 Å². The lowest BCUT2D eigenvalue weighted by molar-refractivity contribution is 0.105. The molecule has 0 aliphatic carbocycles. The number of rotatable bonds is 9. The van der Waals surface area contributed by atoms with Crippen molar-refractivity contribution >= 4 is 28.3 Å². The predicted octanol–water partition coefficient (Wildman–Crippen LogP) is 5.15. The van der Waals surface area contributed by atoms with Crippen LogP contribution in [0.4, 0.5) is 4.39 Å². The molecule has 0 fully saturated rings. The van der Waals surface area contributed by atoms with Gasteiger partial charge in [-0.3, -0.25) is 0 Å². The Labute approximate surface area is 206 Å². The van der Waals surface area contributed by atoms with E-state index in [0.717, 1.165) is 11.1 Å². The molecule has 0 radical (unpaired) electrons. The molecule has 0 aromatic heterocycles. The molecule has 1 aliphatic heterocycles. The zero-order valence-corrected chi connectivity index (χ0v) is 20.2. The standard InChI is InChI=1S/C24H23BrFNO5.ClH/c1-29-23-9-16(12-27-11-15-2-5-18(26)6-3-15)8-19(25)24(23)30-13-20(28)17-4-7-21-22(10-17)32-14-31-21;/h2-10,20,27-28H,11-14H2,1H3;1H. The maximum absolute atomic E-state index is 13.0. The van der Waals surface area contributed by atoms with Gasteiger partial charge in [0, 0.05) is 13.1 Å². The summed E-state index contributed by atoms with van der Waals surface area (Å²) in [6.07, 6.45) is -0.849. The molecule has 0 amide bonds. The van der Waals surface area contributed by atoms with Gasteiger partial charge >= 0.3 is 0 Å². The third kappa shape index (κ3) is 6.29. The summed E-state index contributed by atoms with van der Waals surface area (Å²) in [7, 11) is 1.57. The second kappa shape index (κ2) is 11.6. The largest absolute Gasteiger partial charge is 0.493 e. The number of hydrogen-bond donors (Lipinski definition) is 2. The minimum Gasteiger partial charge on any atom is -0.493 e. The SMILES string of the molecule is COc1cc(CNCc2ccc(F)cc2)cc(Br)c1OCC(O)c1ccc2c(c1)OCO2.Cl. The van der Waals surface area contributed by atoms with Gasteiger partial charge in [0.1, 0.15) is 18.5 Å². The monoisotopic (exact) mass is 539 g/mol. The van der Waals surface area contributed by atoms with Crippen molar-refractivity contribution in [1.29, 1.82) is 0 Å². The van der Waals surface area contributed by atoms with Crippen molar-refractivity contribution in [2.45, 2.75) is 19.2 Å². The summed E-state index contributed by atoms with van der Waals surface area (Å²) in [5, 5.41) is 13.9. The molecule has 33 heavy (non-hydrogen) atoms. The summed E-state index contributed by atoms with van der Waals surface area (Å²) in [5.41, 5.74) is 2.65. The first kappa shape index (κ1) is 25.1. The number of aliphatic hydroxyl groups is 1. The van der Waals surface area contributed by atoms with Crippen molar-refractivity contribution in [2.24, 2.45) is 0 Å². The average Bonchev–Trinajstić information content (AvgIpc) is 3.27. The third-order valence-corrected chi connectivity index (χ3v) is 5.62. The number of fused-ring (bicyclic) bond motifs is 1. The van der Waals surface area contributed by atoms with E-state index in [1.807, 2.05) is 12.1 Å². The Morgan fingerprint density at radius 1 is 1.03 bits per heavy atom. The van der Waals surface area contributed by atoms with Crippen LogP contribution in [-0.2, 0) is 13.1 Å². The Kier molecular flexibility index (Phi) is 8.80. The molecule has 4 rings (SSSR count). The van der Waals surface area contributed by atoms with Crippen LogP contribution in [0.15, 0.2) is 59.1 Å². The normalized spacial score (nSPS) is 12.7. The molecule has 0 bridgehead atoms. The highest BCUT2D eigenvalue weighted by molar-refractivity contribution is 9.10. The fraction of sp³-hybridized carbons (Fsp3) is 0.250. The van der Waals surface area contributed by atoms with Gasteiger partial charge in [0.05, 0.1) is 11.6 Å². The van der Waals surface area contributed by atoms with Crippen molar-refractivity contribution < 1.29 is 28.4 Å². The molecule has 3 aromatic rings. The number of nitrogens with one attached hydrogen (secondary N) is 1. The number of ether oxygens (including phenoxy) is 4. The van der Waals surface area contributed by atoms with Gasteiger partial charge in [0.25, 0.3) is 0 Å². The molecule has 6 nitrogen and oxygen atoms in total. The van der Waals surface area contributed by atoms with E-state index in [4.69, 9.17) is 18.9 Å². The predicted molar refractivity (Wildman–Crippen MR) is 128 cm³/mol. The second-order valence-corrected chi connectivity index (χ2v) is 8.13. The van der Waals surface area contributed by atoms with Crippen LogP contribution in [0.1, 0.15) is 22.8 Å². The lowest BCUT2D eigenvalue weighted by Crippen LogP contribution is -2.13. The summed E-state index contributed by atoms with van der Waals surface area (Å²) in [6.45, 7) is 1.42. The molecule has 1 unspecified atom stereocenters. The van der Waals surface area contributed by atoms with Crippen molar-refractivity contribution in [3.63, 3.8) is 0 Å². The van der Waals surface area contributed by atoms with Crippen LogP contribution in [0.2, 0.25) is 0 Å². The van der Waals surface area contributed by atoms with E-state index in [1.165, 1.54) is 12.1 Å². The average molecular weight is 541 g/mol. The highest BCUT2D eigenvalue weighted by Gasteiger charge is 2.19. The summed E-state index contributed by atoms with van der Waals surface area (Å²) in [6, 6.07) is 15.5. The van der Waals surface area contributed by atoms with Crippen LogP contribution in [0, 0.1) is 5.82 Å². The van der Waals surface area contributed by atoms with Crippen LogP contribution in [-0.4, -0.2) is 25.6 Å². The van der Waals surface area contributed by atoms with Gasteiger partial charge in [0.2, 0.25) is 6.79 Å². The van der Waals surface area contributed by atoms with E-state index < -0.39 is 6.10 Å². The topological polar surface area (TPSA) is 69.2 Å². The number of benzene rings is 3. The van der Waals surface area contributed by atoms with E-state index in [1.54, 1.807) is 37.4 Å². The number of hydrogen-bond acceptors (Lipinski definition) is 6. The van der Waals surface area contributed by atoms with Crippen molar-refractivity contribution in [3.8, 4) is 23.0 Å². The zero-order chi connectivity index (χ0) is 22.5. The smallest absolute Gasteiger partial charge is 0.231 e. The first-order chi connectivity index (χ1) is 15.5. The van der Waals surface area contributed by atoms with E-state index in [9.17, 15) is 9.50 Å². The van der Waals surface area contributed by atoms with Crippen LogP contribution in [0.5, 0.6) is 23.0 Å². The lowest BCUT2D eigenvalue weighted by Gasteiger charge is -2.17. The van der Waals surface area contributed by atoms with Crippen LogP contribution in [0.25, 0.3) is 0 Å². The Hall–Kier alpha value is -2.52. The summed E-state index contributed by atoms with van der Waals surface area (Å²) < 4.78 is 35.8. The molecule has 9 heteroatoms. The van der Waals surface area contributed by atoms with Crippen molar-refractivity contribution in [1.82, 2.24) is 5.32 Å². The summed E-state index contributed by atoms with van der Waals surface area (Å²) >= 11 is 3.54. The number of halogens is 3. The molecule has 1 heterocycles. The molecular weight excluding hydrogens is 517 g/mol. The van der Waals surface area contributed by atoms with E-state index in [0.29, 0.717) is 46.1 Å². The highest BCUT2D eigenvalue weighted by Crippen LogP contribution is 2.38. The fourth-order valence-electron chi connectivity index (χ4n) is 3.35. The Morgan fingerprint density at radius 2 is 1.76 bits per heavy atom. The van der Waals surface area contributed by atoms with Crippen LogP contribution in [0.3, 0.4) is 0 Å². The third-order valence-electron chi connectivity index (χ3n) is 5.03. The maximum Gasteiger partial charge on any atom is 0.231 e.